The Hall–Kier alpha value is -3.30. The van der Waals surface area contributed by atoms with Crippen LogP contribution in [0.2, 0.25) is 0 Å². The molecule has 0 radical (unpaired) electrons. The molecule has 0 fully saturated rings. The molecule has 0 amide bonds. The minimum Gasteiger partial charge on any atom is -0.493 e. The average molecular weight is 396 g/mol. The van der Waals surface area contributed by atoms with Crippen LogP contribution in [0.25, 0.3) is 10.8 Å². The molecule has 4 aromatic rings. The van der Waals surface area contributed by atoms with Gasteiger partial charge in [0.1, 0.15) is 6.61 Å². The zero-order chi connectivity index (χ0) is 20.3. The lowest BCUT2D eigenvalue weighted by atomic mass is 9.87. The van der Waals surface area contributed by atoms with Crippen LogP contribution in [0, 0.1) is 0 Å². The number of nitrogens with one attached hydrogen (secondary N) is 1. The Bertz CT molecular complexity index is 1160. The summed E-state index contributed by atoms with van der Waals surface area (Å²) in [4.78, 5) is 0. The summed E-state index contributed by atoms with van der Waals surface area (Å²) in [5.41, 5.74) is 5.02. The van der Waals surface area contributed by atoms with Gasteiger partial charge < -0.3 is 14.8 Å². The van der Waals surface area contributed by atoms with Crippen molar-refractivity contribution in [1.82, 2.24) is 5.32 Å². The van der Waals surface area contributed by atoms with Crippen molar-refractivity contribution in [3.63, 3.8) is 0 Å². The highest BCUT2D eigenvalue weighted by Gasteiger charge is 2.25. The van der Waals surface area contributed by atoms with Crippen LogP contribution in [0.15, 0.2) is 84.9 Å². The van der Waals surface area contributed by atoms with Crippen molar-refractivity contribution in [2.45, 2.75) is 19.1 Å². The molecule has 0 spiro atoms. The molecular formula is C27H25NO2. The van der Waals surface area contributed by atoms with Crippen molar-refractivity contribution in [3.05, 3.63) is 107 Å². The van der Waals surface area contributed by atoms with Crippen molar-refractivity contribution >= 4 is 10.8 Å². The number of rotatable bonds is 5. The second kappa shape index (κ2) is 8.21. The number of benzene rings is 4. The van der Waals surface area contributed by atoms with Crippen LogP contribution in [0.3, 0.4) is 0 Å². The van der Waals surface area contributed by atoms with E-state index in [1.807, 2.05) is 18.2 Å². The van der Waals surface area contributed by atoms with Gasteiger partial charge in [0.2, 0.25) is 0 Å². The third kappa shape index (κ3) is 3.53. The van der Waals surface area contributed by atoms with Crippen molar-refractivity contribution in [1.29, 1.82) is 0 Å². The number of methoxy groups -OCH3 is 1. The molecule has 30 heavy (non-hydrogen) atoms. The topological polar surface area (TPSA) is 30.5 Å². The minimum absolute atomic E-state index is 0.129. The lowest BCUT2D eigenvalue weighted by Crippen LogP contribution is -2.30. The molecule has 0 aromatic heterocycles. The monoisotopic (exact) mass is 395 g/mol. The molecular weight excluding hydrogens is 370 g/mol. The summed E-state index contributed by atoms with van der Waals surface area (Å²) in [7, 11) is 1.71. The Balaban J connectivity index is 1.55. The SMILES string of the molecule is COc1cc2c(cc1OCc1ccccc1)C(c1cccc3ccccc13)NCC2. The molecule has 1 heterocycles. The van der Waals surface area contributed by atoms with E-state index in [-0.39, 0.29) is 6.04 Å². The molecule has 5 rings (SSSR count). The van der Waals surface area contributed by atoms with Crippen molar-refractivity contribution in [2.75, 3.05) is 13.7 Å². The van der Waals surface area contributed by atoms with Crippen molar-refractivity contribution < 1.29 is 9.47 Å². The Morgan fingerprint density at radius 2 is 1.63 bits per heavy atom. The predicted octanol–water partition coefficient (Wildman–Crippen LogP) is 5.66. The van der Waals surface area contributed by atoms with Crippen LogP contribution >= 0.6 is 0 Å². The van der Waals surface area contributed by atoms with Gasteiger partial charge in [-0.1, -0.05) is 72.8 Å². The minimum atomic E-state index is 0.129. The Labute approximate surface area is 177 Å². The summed E-state index contributed by atoms with van der Waals surface area (Å²) in [5, 5.41) is 6.27. The van der Waals surface area contributed by atoms with Crippen LogP contribution in [-0.4, -0.2) is 13.7 Å². The summed E-state index contributed by atoms with van der Waals surface area (Å²) < 4.78 is 11.9. The lowest BCUT2D eigenvalue weighted by Gasteiger charge is -2.29. The first-order chi connectivity index (χ1) is 14.8. The van der Waals surface area contributed by atoms with E-state index in [2.05, 4.69) is 72.0 Å². The van der Waals surface area contributed by atoms with Crippen LogP contribution in [0.4, 0.5) is 0 Å². The van der Waals surface area contributed by atoms with Gasteiger partial charge in [-0.15, -0.1) is 0 Å². The third-order valence-electron chi connectivity index (χ3n) is 5.85. The first-order valence-corrected chi connectivity index (χ1v) is 10.4. The van der Waals surface area contributed by atoms with E-state index in [1.165, 1.54) is 27.5 Å². The molecule has 0 aliphatic carbocycles. The van der Waals surface area contributed by atoms with E-state index in [1.54, 1.807) is 7.11 Å². The second-order valence-corrected chi connectivity index (χ2v) is 7.68. The summed E-state index contributed by atoms with van der Waals surface area (Å²) in [6, 6.07) is 29.8. The normalized spacial score (nSPS) is 15.6. The van der Waals surface area contributed by atoms with Gasteiger partial charge in [0.05, 0.1) is 13.2 Å². The summed E-state index contributed by atoms with van der Waals surface area (Å²) >= 11 is 0. The highest BCUT2D eigenvalue weighted by Crippen LogP contribution is 2.39. The van der Waals surface area contributed by atoms with Crippen LogP contribution in [-0.2, 0) is 13.0 Å². The van der Waals surface area contributed by atoms with Crippen molar-refractivity contribution in [3.8, 4) is 11.5 Å². The number of hydrogen-bond acceptors (Lipinski definition) is 3. The molecule has 1 aliphatic heterocycles. The van der Waals surface area contributed by atoms with E-state index in [0.717, 1.165) is 30.0 Å². The zero-order valence-corrected chi connectivity index (χ0v) is 17.1. The molecule has 1 N–H and O–H groups in total. The van der Waals surface area contributed by atoms with Gasteiger partial charge >= 0.3 is 0 Å². The molecule has 0 saturated heterocycles. The Morgan fingerprint density at radius 3 is 2.50 bits per heavy atom. The molecule has 3 heteroatoms. The van der Waals surface area contributed by atoms with Crippen LogP contribution < -0.4 is 14.8 Å². The van der Waals surface area contributed by atoms with E-state index >= 15 is 0 Å². The average Bonchev–Trinajstić information content (AvgIpc) is 2.82. The standard InChI is InChI=1S/C27H25NO2/c1-29-25-16-21-14-15-28-27(23-13-7-11-20-10-5-6-12-22(20)23)24(21)17-26(25)30-18-19-8-3-2-4-9-19/h2-13,16-17,27-28H,14-15,18H2,1H3. The maximum Gasteiger partial charge on any atom is 0.162 e. The molecule has 150 valence electrons. The smallest absolute Gasteiger partial charge is 0.162 e. The first kappa shape index (κ1) is 18.7. The van der Waals surface area contributed by atoms with E-state index in [9.17, 15) is 0 Å². The fraction of sp³-hybridized carbons (Fsp3) is 0.185. The van der Waals surface area contributed by atoms with Gasteiger partial charge in [-0.05, 0) is 51.6 Å². The summed E-state index contributed by atoms with van der Waals surface area (Å²) in [6.45, 7) is 1.45. The molecule has 1 aliphatic rings. The maximum atomic E-state index is 6.20. The predicted molar refractivity (Wildman–Crippen MR) is 121 cm³/mol. The van der Waals surface area contributed by atoms with Gasteiger partial charge in [0.25, 0.3) is 0 Å². The number of fused-ring (bicyclic) bond motifs is 2. The van der Waals surface area contributed by atoms with Gasteiger partial charge in [-0.25, -0.2) is 0 Å². The molecule has 0 bridgehead atoms. The Kier molecular flexibility index (Phi) is 5.12. The van der Waals surface area contributed by atoms with Gasteiger partial charge in [0.15, 0.2) is 11.5 Å². The van der Waals surface area contributed by atoms with Gasteiger partial charge in [0, 0.05) is 6.54 Å². The summed E-state index contributed by atoms with van der Waals surface area (Å²) in [5.74, 6) is 1.58. The largest absolute Gasteiger partial charge is 0.493 e. The van der Waals surface area contributed by atoms with Gasteiger partial charge in [-0.3, -0.25) is 0 Å². The summed E-state index contributed by atoms with van der Waals surface area (Å²) in [6.07, 6.45) is 0.978. The van der Waals surface area contributed by atoms with E-state index < -0.39 is 0 Å². The number of hydrogen-bond donors (Lipinski definition) is 1. The van der Waals surface area contributed by atoms with E-state index in [0.29, 0.717) is 6.61 Å². The molecule has 1 atom stereocenters. The molecule has 1 unspecified atom stereocenters. The molecule has 3 nitrogen and oxygen atoms in total. The quantitative estimate of drug-likeness (QED) is 0.473. The highest BCUT2D eigenvalue weighted by atomic mass is 16.5. The molecule has 4 aromatic carbocycles. The number of ether oxygens (including phenoxy) is 2. The van der Waals surface area contributed by atoms with Gasteiger partial charge in [-0.2, -0.15) is 0 Å². The molecule has 0 saturated carbocycles. The maximum absolute atomic E-state index is 6.20. The van der Waals surface area contributed by atoms with E-state index in [4.69, 9.17) is 9.47 Å². The first-order valence-electron chi connectivity index (χ1n) is 10.4. The fourth-order valence-electron chi connectivity index (χ4n) is 4.35. The van der Waals surface area contributed by atoms with Crippen LogP contribution in [0.5, 0.6) is 11.5 Å². The third-order valence-corrected chi connectivity index (χ3v) is 5.85. The highest BCUT2D eigenvalue weighted by molar-refractivity contribution is 5.86. The lowest BCUT2D eigenvalue weighted by molar-refractivity contribution is 0.283. The Morgan fingerprint density at radius 1 is 0.833 bits per heavy atom. The second-order valence-electron chi connectivity index (χ2n) is 7.68. The zero-order valence-electron chi connectivity index (χ0n) is 17.1. The van der Waals surface area contributed by atoms with Crippen molar-refractivity contribution in [2.24, 2.45) is 0 Å². The fourth-order valence-corrected chi connectivity index (χ4v) is 4.35. The van der Waals surface area contributed by atoms with Crippen LogP contribution in [0.1, 0.15) is 28.3 Å².